The lowest BCUT2D eigenvalue weighted by molar-refractivity contribution is 0.151. The van der Waals surface area contributed by atoms with Crippen LogP contribution in [-0.2, 0) is 0 Å². The summed E-state index contributed by atoms with van der Waals surface area (Å²) in [7, 11) is 2.27. The Bertz CT molecular complexity index is 173. The van der Waals surface area contributed by atoms with Crippen LogP contribution in [0.2, 0.25) is 0 Å². The Hall–Kier alpha value is -0.0800. The van der Waals surface area contributed by atoms with Gasteiger partial charge in [-0.3, -0.25) is 0 Å². The van der Waals surface area contributed by atoms with E-state index in [4.69, 9.17) is 5.73 Å². The van der Waals surface area contributed by atoms with Crippen LogP contribution in [-0.4, -0.2) is 31.6 Å². The van der Waals surface area contributed by atoms with Crippen LogP contribution in [0.25, 0.3) is 0 Å². The molecule has 1 aliphatic carbocycles. The first-order valence-corrected chi connectivity index (χ1v) is 7.04. The van der Waals surface area contributed by atoms with E-state index >= 15 is 0 Å². The lowest BCUT2D eigenvalue weighted by Crippen LogP contribution is -2.41. The first kappa shape index (κ1) is 14.0. The van der Waals surface area contributed by atoms with Gasteiger partial charge in [-0.15, -0.1) is 0 Å². The Balaban J connectivity index is 2.38. The molecular weight excluding hydrogens is 196 g/mol. The van der Waals surface area contributed by atoms with Crippen molar-refractivity contribution < 1.29 is 0 Å². The molecule has 0 aromatic rings. The van der Waals surface area contributed by atoms with E-state index in [1.807, 2.05) is 0 Å². The summed E-state index contributed by atoms with van der Waals surface area (Å²) in [4.78, 5) is 2.52. The molecule has 0 heterocycles. The van der Waals surface area contributed by atoms with E-state index in [2.05, 4.69) is 25.8 Å². The molecule has 0 spiro atoms. The molecule has 16 heavy (non-hydrogen) atoms. The van der Waals surface area contributed by atoms with Crippen LogP contribution in [0.1, 0.15) is 52.4 Å². The Morgan fingerprint density at radius 3 is 2.19 bits per heavy atom. The van der Waals surface area contributed by atoms with Gasteiger partial charge in [0, 0.05) is 13.1 Å². The van der Waals surface area contributed by atoms with E-state index < -0.39 is 0 Å². The first-order chi connectivity index (χ1) is 7.65. The normalized spacial score (nSPS) is 18.6. The molecule has 1 saturated carbocycles. The SMILES string of the molecule is CCC(CC)(CN)CN(C)CC1CCCC1. The maximum Gasteiger partial charge on any atom is 0.00469 e. The minimum Gasteiger partial charge on any atom is -0.330 e. The van der Waals surface area contributed by atoms with Crippen molar-refractivity contribution >= 4 is 0 Å². The molecule has 1 fully saturated rings. The quantitative estimate of drug-likeness (QED) is 0.723. The fourth-order valence-electron chi connectivity index (χ4n) is 3.10. The first-order valence-electron chi connectivity index (χ1n) is 7.04. The molecule has 0 radical (unpaired) electrons. The number of hydrogen-bond donors (Lipinski definition) is 1. The van der Waals surface area contributed by atoms with Gasteiger partial charge in [-0.05, 0) is 50.6 Å². The third-order valence-corrected chi connectivity index (χ3v) is 4.58. The molecule has 1 aliphatic rings. The Morgan fingerprint density at radius 2 is 1.75 bits per heavy atom. The number of hydrogen-bond acceptors (Lipinski definition) is 2. The number of nitrogens with zero attached hydrogens (tertiary/aromatic N) is 1. The van der Waals surface area contributed by atoms with Gasteiger partial charge in [-0.2, -0.15) is 0 Å². The van der Waals surface area contributed by atoms with Gasteiger partial charge in [0.15, 0.2) is 0 Å². The lowest BCUT2D eigenvalue weighted by Gasteiger charge is -2.35. The molecule has 0 unspecified atom stereocenters. The molecule has 1 rings (SSSR count). The zero-order chi connectivity index (χ0) is 12.0. The molecule has 2 N–H and O–H groups in total. The summed E-state index contributed by atoms with van der Waals surface area (Å²) in [6.07, 6.45) is 8.19. The van der Waals surface area contributed by atoms with Crippen molar-refractivity contribution in [3.05, 3.63) is 0 Å². The van der Waals surface area contributed by atoms with Crippen molar-refractivity contribution in [2.75, 3.05) is 26.7 Å². The highest BCUT2D eigenvalue weighted by Gasteiger charge is 2.27. The molecule has 0 aromatic carbocycles. The van der Waals surface area contributed by atoms with Crippen molar-refractivity contribution in [3.8, 4) is 0 Å². The average molecular weight is 226 g/mol. The lowest BCUT2D eigenvalue weighted by atomic mass is 9.82. The monoisotopic (exact) mass is 226 g/mol. The molecule has 2 nitrogen and oxygen atoms in total. The van der Waals surface area contributed by atoms with Crippen LogP contribution in [0, 0.1) is 11.3 Å². The van der Waals surface area contributed by atoms with Crippen LogP contribution in [0.4, 0.5) is 0 Å². The highest BCUT2D eigenvalue weighted by atomic mass is 15.1. The van der Waals surface area contributed by atoms with E-state index in [-0.39, 0.29) is 0 Å². The fraction of sp³-hybridized carbons (Fsp3) is 1.00. The van der Waals surface area contributed by atoms with Gasteiger partial charge in [0.1, 0.15) is 0 Å². The molecule has 0 bridgehead atoms. The maximum atomic E-state index is 5.96. The van der Waals surface area contributed by atoms with Crippen LogP contribution < -0.4 is 5.73 Å². The maximum absolute atomic E-state index is 5.96. The van der Waals surface area contributed by atoms with Gasteiger partial charge in [0.05, 0.1) is 0 Å². The summed E-state index contributed by atoms with van der Waals surface area (Å²) in [6, 6.07) is 0. The minimum absolute atomic E-state index is 0.355. The van der Waals surface area contributed by atoms with Crippen LogP contribution >= 0.6 is 0 Å². The van der Waals surface area contributed by atoms with Crippen molar-refractivity contribution in [1.29, 1.82) is 0 Å². The summed E-state index contributed by atoms with van der Waals surface area (Å²) in [6.45, 7) is 7.84. The standard InChI is InChI=1S/C14H30N2/c1-4-14(5-2,11-15)12-16(3)10-13-8-6-7-9-13/h13H,4-12,15H2,1-3H3. The molecule has 2 heteroatoms. The number of rotatable bonds is 7. The minimum atomic E-state index is 0.355. The van der Waals surface area contributed by atoms with Crippen LogP contribution in [0.15, 0.2) is 0 Å². The fourth-order valence-corrected chi connectivity index (χ4v) is 3.10. The topological polar surface area (TPSA) is 29.3 Å². The van der Waals surface area contributed by atoms with Crippen molar-refractivity contribution in [1.82, 2.24) is 4.90 Å². The van der Waals surface area contributed by atoms with E-state index in [0.29, 0.717) is 5.41 Å². The van der Waals surface area contributed by atoms with Gasteiger partial charge < -0.3 is 10.6 Å². The zero-order valence-electron chi connectivity index (χ0n) is 11.5. The van der Waals surface area contributed by atoms with E-state index in [1.54, 1.807) is 0 Å². The second-order valence-corrected chi connectivity index (χ2v) is 5.76. The molecule has 0 saturated heterocycles. The second-order valence-electron chi connectivity index (χ2n) is 5.76. The second kappa shape index (κ2) is 6.61. The highest BCUT2D eigenvalue weighted by molar-refractivity contribution is 4.82. The highest BCUT2D eigenvalue weighted by Crippen LogP contribution is 2.29. The van der Waals surface area contributed by atoms with Gasteiger partial charge in [0.25, 0.3) is 0 Å². The summed E-state index contributed by atoms with van der Waals surface area (Å²) in [5, 5.41) is 0. The largest absolute Gasteiger partial charge is 0.330 e. The van der Waals surface area contributed by atoms with Crippen LogP contribution in [0.5, 0.6) is 0 Å². The number of nitrogens with two attached hydrogens (primary N) is 1. The summed E-state index contributed by atoms with van der Waals surface area (Å²) >= 11 is 0. The average Bonchev–Trinajstić information content (AvgIpc) is 2.79. The molecule has 0 aromatic heterocycles. The molecule has 96 valence electrons. The van der Waals surface area contributed by atoms with Crippen LogP contribution in [0.3, 0.4) is 0 Å². The molecule has 0 aliphatic heterocycles. The Kier molecular flexibility index (Phi) is 5.77. The third-order valence-electron chi connectivity index (χ3n) is 4.58. The van der Waals surface area contributed by atoms with E-state index in [9.17, 15) is 0 Å². The van der Waals surface area contributed by atoms with Gasteiger partial charge in [-0.1, -0.05) is 26.7 Å². The molecule has 0 amide bonds. The smallest absolute Gasteiger partial charge is 0.00469 e. The summed E-state index contributed by atoms with van der Waals surface area (Å²) in [5.41, 5.74) is 6.31. The predicted molar refractivity (Wildman–Crippen MR) is 71.5 cm³/mol. The molecule has 0 atom stereocenters. The van der Waals surface area contributed by atoms with Gasteiger partial charge >= 0.3 is 0 Å². The third kappa shape index (κ3) is 3.74. The Labute approximate surface area is 102 Å². The summed E-state index contributed by atoms with van der Waals surface area (Å²) in [5.74, 6) is 0.953. The van der Waals surface area contributed by atoms with Crippen molar-refractivity contribution in [2.24, 2.45) is 17.1 Å². The van der Waals surface area contributed by atoms with Gasteiger partial charge in [0.2, 0.25) is 0 Å². The van der Waals surface area contributed by atoms with E-state index in [0.717, 1.165) is 12.5 Å². The van der Waals surface area contributed by atoms with E-state index in [1.165, 1.54) is 51.6 Å². The van der Waals surface area contributed by atoms with Crippen molar-refractivity contribution in [2.45, 2.75) is 52.4 Å². The molecular formula is C14H30N2. The van der Waals surface area contributed by atoms with Gasteiger partial charge in [-0.25, -0.2) is 0 Å². The Morgan fingerprint density at radius 1 is 1.19 bits per heavy atom. The van der Waals surface area contributed by atoms with Crippen molar-refractivity contribution in [3.63, 3.8) is 0 Å². The summed E-state index contributed by atoms with van der Waals surface area (Å²) < 4.78 is 0. The predicted octanol–water partition coefficient (Wildman–Crippen LogP) is 2.87. The zero-order valence-corrected chi connectivity index (χ0v) is 11.5.